The summed E-state index contributed by atoms with van der Waals surface area (Å²) in [7, 11) is 0. The number of H-pyrrole nitrogens is 1. The Morgan fingerprint density at radius 3 is 2.67 bits per heavy atom. The summed E-state index contributed by atoms with van der Waals surface area (Å²) >= 11 is 12.0. The number of aromatic hydroxyl groups is 1. The van der Waals surface area contributed by atoms with Gasteiger partial charge in [-0.1, -0.05) is 35.3 Å². The zero-order valence-electron chi connectivity index (χ0n) is 12.4. The molecule has 2 heterocycles. The number of aromatic nitrogens is 3. The molecule has 4 rings (SSSR count). The Labute approximate surface area is 147 Å². The highest BCUT2D eigenvalue weighted by Gasteiger charge is 2.42. The number of halogens is 2. The molecular formula is C17H13Cl2N3O2. The third-order valence-corrected chi connectivity index (χ3v) is 5.05. The summed E-state index contributed by atoms with van der Waals surface area (Å²) in [5.74, 6) is 0.146. The van der Waals surface area contributed by atoms with Gasteiger partial charge in [-0.2, -0.15) is 0 Å². The minimum Gasteiger partial charge on any atom is -0.493 e. The highest BCUT2D eigenvalue weighted by molar-refractivity contribution is 6.42. The van der Waals surface area contributed by atoms with Crippen LogP contribution in [0.15, 0.2) is 47.5 Å². The normalized spacial score (nSPS) is 19.4. The second-order valence-corrected chi connectivity index (χ2v) is 6.65. The third-order valence-electron chi connectivity index (χ3n) is 4.31. The van der Waals surface area contributed by atoms with Crippen LogP contribution in [0.2, 0.25) is 10.0 Å². The predicted octanol–water partition coefficient (Wildman–Crippen LogP) is 3.98. The van der Waals surface area contributed by atoms with Crippen LogP contribution in [-0.4, -0.2) is 19.6 Å². The molecule has 5 nitrogen and oxygen atoms in total. The minimum atomic E-state index is -0.291. The fourth-order valence-corrected chi connectivity index (χ4v) is 3.26. The smallest absolute Gasteiger partial charge is 0.328 e. The van der Waals surface area contributed by atoms with Crippen molar-refractivity contribution in [2.75, 3.05) is 0 Å². The molecule has 1 saturated carbocycles. The van der Waals surface area contributed by atoms with Crippen LogP contribution in [0.4, 0.5) is 0 Å². The molecule has 0 bridgehead atoms. The molecule has 0 radical (unpaired) electrons. The van der Waals surface area contributed by atoms with E-state index in [4.69, 9.17) is 23.2 Å². The summed E-state index contributed by atoms with van der Waals surface area (Å²) in [5.41, 5.74) is 2.44. The molecule has 1 aliphatic rings. The van der Waals surface area contributed by atoms with Crippen molar-refractivity contribution in [3.63, 3.8) is 0 Å². The van der Waals surface area contributed by atoms with E-state index in [9.17, 15) is 9.90 Å². The van der Waals surface area contributed by atoms with Crippen molar-refractivity contribution < 1.29 is 5.11 Å². The molecule has 24 heavy (non-hydrogen) atoms. The first-order valence-corrected chi connectivity index (χ1v) is 8.20. The van der Waals surface area contributed by atoms with E-state index in [1.165, 1.54) is 10.8 Å². The number of hydrogen-bond donors (Lipinski definition) is 2. The van der Waals surface area contributed by atoms with E-state index in [-0.39, 0.29) is 23.5 Å². The SMILES string of the molecule is O=c1[nH]cc(O)n1C1CC1c1ccc(-c2ccc(Cl)c(Cl)c2)nc1. The van der Waals surface area contributed by atoms with E-state index in [0.29, 0.717) is 10.0 Å². The average molecular weight is 362 g/mol. The lowest BCUT2D eigenvalue weighted by Gasteiger charge is -2.05. The number of aromatic amines is 1. The molecule has 2 atom stereocenters. The molecule has 3 aromatic rings. The lowest BCUT2D eigenvalue weighted by Crippen LogP contribution is -2.15. The fraction of sp³-hybridized carbons (Fsp3) is 0.176. The molecule has 0 aliphatic heterocycles. The largest absolute Gasteiger partial charge is 0.493 e. The monoisotopic (exact) mass is 361 g/mol. The summed E-state index contributed by atoms with van der Waals surface area (Å²) in [5, 5.41) is 10.7. The molecule has 0 spiro atoms. The Balaban J connectivity index is 1.57. The third kappa shape index (κ3) is 2.60. The predicted molar refractivity (Wildman–Crippen MR) is 92.8 cm³/mol. The van der Waals surface area contributed by atoms with E-state index < -0.39 is 0 Å². The molecule has 1 aromatic carbocycles. The molecule has 1 fully saturated rings. The van der Waals surface area contributed by atoms with Gasteiger partial charge in [-0.3, -0.25) is 9.55 Å². The zero-order valence-corrected chi connectivity index (χ0v) is 13.9. The molecule has 2 N–H and O–H groups in total. The molecule has 2 unspecified atom stereocenters. The molecule has 0 amide bonds. The van der Waals surface area contributed by atoms with Crippen molar-refractivity contribution >= 4 is 23.2 Å². The number of nitrogens with zero attached hydrogens (tertiary/aromatic N) is 2. The Bertz CT molecular complexity index is 963. The molecule has 2 aromatic heterocycles. The van der Waals surface area contributed by atoms with Crippen LogP contribution in [0.25, 0.3) is 11.3 Å². The summed E-state index contributed by atoms with van der Waals surface area (Å²) < 4.78 is 1.39. The van der Waals surface area contributed by atoms with Gasteiger partial charge in [-0.25, -0.2) is 4.79 Å². The average Bonchev–Trinajstić information content (AvgIpc) is 3.29. The van der Waals surface area contributed by atoms with Crippen molar-refractivity contribution in [3.8, 4) is 17.1 Å². The number of hydrogen-bond acceptors (Lipinski definition) is 3. The number of rotatable bonds is 3. The van der Waals surface area contributed by atoms with Gasteiger partial charge in [-0.15, -0.1) is 0 Å². The summed E-state index contributed by atoms with van der Waals surface area (Å²) in [4.78, 5) is 18.7. The van der Waals surface area contributed by atoms with E-state index >= 15 is 0 Å². The van der Waals surface area contributed by atoms with Gasteiger partial charge in [-0.05, 0) is 30.2 Å². The Morgan fingerprint density at radius 1 is 1.21 bits per heavy atom. The summed E-state index contributed by atoms with van der Waals surface area (Å²) in [6.45, 7) is 0. The van der Waals surface area contributed by atoms with Gasteiger partial charge < -0.3 is 10.1 Å². The second-order valence-electron chi connectivity index (χ2n) is 5.84. The van der Waals surface area contributed by atoms with Gasteiger partial charge in [0, 0.05) is 23.7 Å². The van der Waals surface area contributed by atoms with Crippen LogP contribution < -0.4 is 5.69 Å². The van der Waals surface area contributed by atoms with Gasteiger partial charge >= 0.3 is 5.69 Å². The lowest BCUT2D eigenvalue weighted by atomic mass is 10.1. The fourth-order valence-electron chi connectivity index (χ4n) is 2.97. The van der Waals surface area contributed by atoms with Gasteiger partial charge in [0.05, 0.1) is 21.9 Å². The van der Waals surface area contributed by atoms with E-state index in [2.05, 4.69) is 9.97 Å². The van der Waals surface area contributed by atoms with Gasteiger partial charge in [0.1, 0.15) is 0 Å². The maximum atomic E-state index is 11.7. The summed E-state index contributed by atoms with van der Waals surface area (Å²) in [6.07, 6.45) is 3.92. The quantitative estimate of drug-likeness (QED) is 0.740. The molecular weight excluding hydrogens is 349 g/mol. The van der Waals surface area contributed by atoms with E-state index in [0.717, 1.165) is 23.2 Å². The standard InChI is InChI=1S/C17H13Cl2N3O2/c18-12-3-1-9(5-13(12)19)14-4-2-10(7-20-14)11-6-15(11)22-16(23)8-21-17(22)24/h1-5,7-8,11,15,23H,6H2,(H,21,24). The van der Waals surface area contributed by atoms with Crippen molar-refractivity contribution in [2.24, 2.45) is 0 Å². The molecule has 7 heteroatoms. The number of benzene rings is 1. The summed E-state index contributed by atoms with van der Waals surface area (Å²) in [6, 6.07) is 9.28. The first-order valence-electron chi connectivity index (χ1n) is 7.45. The van der Waals surface area contributed by atoms with Crippen LogP contribution >= 0.6 is 23.2 Å². The highest BCUT2D eigenvalue weighted by Crippen LogP contribution is 2.51. The highest BCUT2D eigenvalue weighted by atomic mass is 35.5. The van der Waals surface area contributed by atoms with Crippen molar-refractivity contribution in [2.45, 2.75) is 18.4 Å². The maximum absolute atomic E-state index is 11.7. The number of pyridine rings is 1. The van der Waals surface area contributed by atoms with Crippen molar-refractivity contribution in [1.29, 1.82) is 0 Å². The Hall–Kier alpha value is -2.24. The van der Waals surface area contributed by atoms with Crippen LogP contribution in [0, 0.1) is 0 Å². The first-order chi connectivity index (χ1) is 11.5. The van der Waals surface area contributed by atoms with Crippen LogP contribution in [0.5, 0.6) is 5.88 Å². The lowest BCUT2D eigenvalue weighted by molar-refractivity contribution is 0.413. The molecule has 1 aliphatic carbocycles. The zero-order chi connectivity index (χ0) is 16.8. The maximum Gasteiger partial charge on any atom is 0.328 e. The van der Waals surface area contributed by atoms with Gasteiger partial charge in [0.2, 0.25) is 5.88 Å². The number of imidazole rings is 1. The Morgan fingerprint density at radius 2 is 2.04 bits per heavy atom. The Kier molecular flexibility index (Phi) is 3.62. The van der Waals surface area contributed by atoms with E-state index in [1.807, 2.05) is 18.2 Å². The topological polar surface area (TPSA) is 70.9 Å². The first kappa shape index (κ1) is 15.3. The van der Waals surface area contributed by atoms with Gasteiger partial charge in [0.15, 0.2) is 0 Å². The molecule has 122 valence electrons. The van der Waals surface area contributed by atoms with Crippen molar-refractivity contribution in [3.05, 3.63) is 68.8 Å². The molecule has 0 saturated heterocycles. The second kappa shape index (κ2) is 5.69. The minimum absolute atomic E-state index is 0.0265. The van der Waals surface area contributed by atoms with Crippen molar-refractivity contribution in [1.82, 2.24) is 14.5 Å². The van der Waals surface area contributed by atoms with Crippen LogP contribution in [-0.2, 0) is 0 Å². The van der Waals surface area contributed by atoms with Crippen LogP contribution in [0.1, 0.15) is 23.9 Å². The van der Waals surface area contributed by atoms with Crippen LogP contribution in [0.3, 0.4) is 0 Å². The van der Waals surface area contributed by atoms with Gasteiger partial charge in [0.25, 0.3) is 0 Å². The number of nitrogens with one attached hydrogen (secondary N) is 1. The van der Waals surface area contributed by atoms with E-state index in [1.54, 1.807) is 18.3 Å².